The Labute approximate surface area is 124 Å². The van der Waals surface area contributed by atoms with Crippen LogP contribution < -0.4 is 5.32 Å². The number of nitrogens with zero attached hydrogens (tertiary/aromatic N) is 3. The normalized spacial score (nSPS) is 12.2. The number of halogens is 2. The van der Waals surface area contributed by atoms with Crippen molar-refractivity contribution in [2.45, 2.75) is 13.0 Å². The zero-order valence-corrected chi connectivity index (χ0v) is 11.9. The maximum Gasteiger partial charge on any atom is 0.406 e. The Morgan fingerprint density at radius 1 is 1.45 bits per heavy atom. The lowest BCUT2D eigenvalue weighted by molar-refractivity contribution is -0.388. The predicted molar refractivity (Wildman–Crippen MR) is 74.4 cm³/mol. The monoisotopic (exact) mass is 312 g/mol. The Balaban J connectivity index is 2.16. The van der Waals surface area contributed by atoms with Gasteiger partial charge in [0.2, 0.25) is 11.6 Å². The average molecular weight is 312 g/mol. The molecule has 0 aliphatic heterocycles. The first-order valence-electron chi connectivity index (χ1n) is 6.36. The summed E-state index contributed by atoms with van der Waals surface area (Å²) < 4.78 is 27.5. The lowest BCUT2D eigenvalue weighted by Crippen LogP contribution is -2.15. The largest absolute Gasteiger partial charge is 0.406 e. The molecule has 0 bridgehead atoms. The molecule has 0 amide bonds. The van der Waals surface area contributed by atoms with Gasteiger partial charge in [-0.25, -0.2) is 8.78 Å². The Morgan fingerprint density at radius 3 is 2.73 bits per heavy atom. The molecular weight excluding hydrogens is 298 g/mol. The highest BCUT2D eigenvalue weighted by molar-refractivity contribution is 5.53. The van der Waals surface area contributed by atoms with Crippen molar-refractivity contribution in [2.75, 3.05) is 11.9 Å². The smallest absolute Gasteiger partial charge is 0.387 e. The number of aromatic nitrogens is 2. The maximum absolute atomic E-state index is 13.1. The zero-order valence-electron chi connectivity index (χ0n) is 11.9. The molecule has 2 aromatic rings. The first-order chi connectivity index (χ1) is 10.3. The molecule has 1 heterocycles. The van der Waals surface area contributed by atoms with Gasteiger partial charge in [-0.3, -0.25) is 4.57 Å². The lowest BCUT2D eigenvalue weighted by Gasteiger charge is -2.13. The van der Waals surface area contributed by atoms with Crippen LogP contribution in [0.1, 0.15) is 17.5 Å². The Kier molecular flexibility index (Phi) is 4.36. The highest BCUT2D eigenvalue weighted by atomic mass is 19.2. The van der Waals surface area contributed by atoms with E-state index in [9.17, 15) is 24.0 Å². The average Bonchev–Trinajstić information content (AvgIpc) is 2.75. The van der Waals surface area contributed by atoms with E-state index >= 15 is 0 Å². The van der Waals surface area contributed by atoms with Gasteiger partial charge in [-0.1, -0.05) is 6.07 Å². The van der Waals surface area contributed by atoms with Gasteiger partial charge >= 0.3 is 5.82 Å². The number of aliphatic hydroxyl groups excluding tert-OH is 1. The van der Waals surface area contributed by atoms with E-state index in [1.807, 2.05) is 0 Å². The molecule has 0 aliphatic rings. The van der Waals surface area contributed by atoms with E-state index in [-0.39, 0.29) is 23.7 Å². The van der Waals surface area contributed by atoms with Gasteiger partial charge in [0.1, 0.15) is 0 Å². The van der Waals surface area contributed by atoms with Crippen molar-refractivity contribution >= 4 is 11.6 Å². The van der Waals surface area contributed by atoms with Crippen molar-refractivity contribution < 1.29 is 18.8 Å². The third-order valence-corrected chi connectivity index (χ3v) is 3.26. The summed E-state index contributed by atoms with van der Waals surface area (Å²) in [5.74, 6) is -1.89. The van der Waals surface area contributed by atoms with E-state index < -0.39 is 22.7 Å². The summed E-state index contributed by atoms with van der Waals surface area (Å²) in [5, 5.41) is 23.6. The molecule has 0 saturated heterocycles. The number of aliphatic hydroxyl groups is 1. The number of aryl methyl sites for hydroxylation is 1. The summed E-state index contributed by atoms with van der Waals surface area (Å²) in [4.78, 5) is 14.1. The van der Waals surface area contributed by atoms with Crippen molar-refractivity contribution in [3.8, 4) is 0 Å². The second-order valence-corrected chi connectivity index (χ2v) is 4.72. The molecule has 2 N–H and O–H groups in total. The number of hydrogen-bond acceptors (Lipinski definition) is 5. The summed E-state index contributed by atoms with van der Waals surface area (Å²) in [5.41, 5.74) is 0.160. The second kappa shape index (κ2) is 6.06. The Bertz CT molecular complexity index is 718. The molecule has 2 rings (SSSR count). The van der Waals surface area contributed by atoms with Gasteiger partial charge in [0.05, 0.1) is 6.10 Å². The fraction of sp³-hybridized carbons (Fsp3) is 0.308. The molecule has 22 heavy (non-hydrogen) atoms. The molecule has 1 atom stereocenters. The molecule has 7 nitrogen and oxygen atoms in total. The molecule has 0 aliphatic carbocycles. The maximum atomic E-state index is 13.1. The summed E-state index contributed by atoms with van der Waals surface area (Å²) >= 11 is 0. The van der Waals surface area contributed by atoms with Crippen molar-refractivity contribution in [3.63, 3.8) is 0 Å². The van der Waals surface area contributed by atoms with E-state index in [0.29, 0.717) is 5.82 Å². The number of hydrogen-bond donors (Lipinski definition) is 2. The van der Waals surface area contributed by atoms with Crippen LogP contribution >= 0.6 is 0 Å². The quantitative estimate of drug-likeness (QED) is 0.651. The molecule has 9 heteroatoms. The summed E-state index contributed by atoms with van der Waals surface area (Å²) in [6.45, 7) is 1.48. The van der Waals surface area contributed by atoms with E-state index in [0.717, 1.165) is 12.1 Å². The first-order valence-corrected chi connectivity index (χ1v) is 6.36. The molecule has 118 valence electrons. The number of rotatable bonds is 5. The first kappa shape index (κ1) is 15.8. The lowest BCUT2D eigenvalue weighted by atomic mass is 10.1. The van der Waals surface area contributed by atoms with Crippen LogP contribution in [0.4, 0.5) is 20.4 Å². The molecule has 0 radical (unpaired) electrons. The van der Waals surface area contributed by atoms with E-state index in [2.05, 4.69) is 10.3 Å². The molecule has 1 aromatic carbocycles. The van der Waals surface area contributed by atoms with Gasteiger partial charge in [0.15, 0.2) is 11.6 Å². The van der Waals surface area contributed by atoms with Gasteiger partial charge in [0.25, 0.3) is 0 Å². The highest BCUT2D eigenvalue weighted by Crippen LogP contribution is 2.25. The third-order valence-electron chi connectivity index (χ3n) is 3.26. The number of benzene rings is 1. The minimum atomic E-state index is -1.16. The van der Waals surface area contributed by atoms with E-state index in [4.69, 9.17) is 0 Å². The van der Waals surface area contributed by atoms with Gasteiger partial charge in [-0.2, -0.15) is 0 Å². The van der Waals surface area contributed by atoms with Gasteiger partial charge in [0, 0.05) is 20.5 Å². The van der Waals surface area contributed by atoms with Crippen LogP contribution in [-0.2, 0) is 7.05 Å². The zero-order chi connectivity index (χ0) is 16.4. The summed E-state index contributed by atoms with van der Waals surface area (Å²) in [7, 11) is 1.58. The van der Waals surface area contributed by atoms with Crippen LogP contribution in [0, 0.1) is 28.7 Å². The summed E-state index contributed by atoms with van der Waals surface area (Å²) in [6, 6.07) is 3.03. The van der Waals surface area contributed by atoms with Crippen molar-refractivity contribution in [1.29, 1.82) is 0 Å². The van der Waals surface area contributed by atoms with Gasteiger partial charge < -0.3 is 20.5 Å². The Morgan fingerprint density at radius 2 is 2.14 bits per heavy atom. The molecule has 0 spiro atoms. The molecule has 0 saturated carbocycles. The minimum absolute atomic E-state index is 0.120. The highest BCUT2D eigenvalue weighted by Gasteiger charge is 2.24. The molecule has 1 unspecified atom stereocenters. The number of anilines is 1. The van der Waals surface area contributed by atoms with Crippen LogP contribution in [0.5, 0.6) is 0 Å². The van der Waals surface area contributed by atoms with Crippen molar-refractivity contribution in [3.05, 3.63) is 51.3 Å². The fourth-order valence-corrected chi connectivity index (χ4v) is 1.95. The van der Waals surface area contributed by atoms with Crippen LogP contribution in [0.25, 0.3) is 0 Å². The van der Waals surface area contributed by atoms with Gasteiger partial charge in [-0.15, -0.1) is 0 Å². The Hall–Kier alpha value is -2.55. The molecular formula is C13H14F2N4O3. The SMILES string of the molecule is Cc1nc([N+](=O)[O-])c(NCC(O)c2ccc(F)c(F)c2)n1C. The van der Waals surface area contributed by atoms with Crippen molar-refractivity contribution in [2.24, 2.45) is 7.05 Å². The van der Waals surface area contributed by atoms with Crippen LogP contribution in [0.3, 0.4) is 0 Å². The van der Waals surface area contributed by atoms with Crippen LogP contribution in [0.2, 0.25) is 0 Å². The predicted octanol–water partition coefficient (Wildman–Crippen LogP) is 2.06. The van der Waals surface area contributed by atoms with Crippen LogP contribution in [-0.4, -0.2) is 26.1 Å². The number of nitro groups is 1. The molecule has 1 aromatic heterocycles. The summed E-state index contributed by atoms with van der Waals surface area (Å²) in [6.07, 6.45) is -1.16. The number of nitrogens with one attached hydrogen (secondary N) is 1. The fourth-order valence-electron chi connectivity index (χ4n) is 1.95. The van der Waals surface area contributed by atoms with Crippen LogP contribution in [0.15, 0.2) is 18.2 Å². The minimum Gasteiger partial charge on any atom is -0.387 e. The third kappa shape index (κ3) is 3.03. The standard InChI is InChI=1S/C13H14F2N4O3/c1-7-17-13(19(21)22)12(18(7)2)16-6-11(20)8-3-4-9(14)10(15)5-8/h3-5,11,16,20H,6H2,1-2H3. The topological polar surface area (TPSA) is 93.2 Å². The second-order valence-electron chi connectivity index (χ2n) is 4.72. The van der Waals surface area contributed by atoms with Crippen molar-refractivity contribution in [1.82, 2.24) is 9.55 Å². The van der Waals surface area contributed by atoms with E-state index in [1.54, 1.807) is 14.0 Å². The molecule has 0 fully saturated rings. The van der Waals surface area contributed by atoms with Gasteiger partial charge in [-0.05, 0) is 27.6 Å². The number of imidazole rings is 1. The van der Waals surface area contributed by atoms with E-state index in [1.165, 1.54) is 10.6 Å².